The largest absolute Gasteiger partial charge is 0.395 e. The molecule has 3 nitrogen and oxygen atoms in total. The molecule has 2 aromatic rings. The Hall–Kier alpha value is -0.970. The number of aromatic nitrogens is 2. The number of H-pyrrole nitrogens is 1. The van der Waals surface area contributed by atoms with Crippen LogP contribution in [0.25, 0.3) is 0 Å². The molecule has 1 unspecified atom stereocenters. The molecule has 5 heteroatoms. The third-order valence-corrected chi connectivity index (χ3v) is 3.63. The maximum Gasteiger partial charge on any atom is 0.115 e. The molecule has 0 saturated carbocycles. The molecule has 0 aliphatic rings. The van der Waals surface area contributed by atoms with E-state index in [0.29, 0.717) is 5.02 Å². The number of aromatic amines is 1. The SMILES string of the molecule is CSc1cc(Cl)ccc1C(CO)c1ncc[nH]1. The van der Waals surface area contributed by atoms with E-state index in [-0.39, 0.29) is 12.5 Å². The fraction of sp³-hybridized carbons (Fsp3) is 0.250. The molecule has 0 aliphatic carbocycles. The van der Waals surface area contributed by atoms with Crippen LogP contribution in [-0.2, 0) is 0 Å². The quantitative estimate of drug-likeness (QED) is 0.839. The molecular formula is C12H13ClN2OS. The number of benzene rings is 1. The van der Waals surface area contributed by atoms with Crippen LogP contribution < -0.4 is 0 Å². The van der Waals surface area contributed by atoms with Crippen molar-refractivity contribution < 1.29 is 5.11 Å². The molecule has 1 aromatic carbocycles. The first-order chi connectivity index (χ1) is 8.26. The second-order valence-corrected chi connectivity index (χ2v) is 4.88. The van der Waals surface area contributed by atoms with Crippen molar-refractivity contribution in [1.29, 1.82) is 0 Å². The normalized spacial score (nSPS) is 12.6. The molecule has 1 atom stereocenters. The fourth-order valence-electron chi connectivity index (χ4n) is 1.77. The summed E-state index contributed by atoms with van der Waals surface area (Å²) < 4.78 is 0. The van der Waals surface area contributed by atoms with Crippen LogP contribution in [0.2, 0.25) is 5.02 Å². The summed E-state index contributed by atoms with van der Waals surface area (Å²) in [7, 11) is 0. The standard InChI is InChI=1S/C12H13ClN2OS/c1-17-11-6-8(13)2-3-9(11)10(7-16)12-14-4-5-15-12/h2-6,10,16H,7H2,1H3,(H,14,15). The minimum atomic E-state index is -0.135. The maximum atomic E-state index is 9.54. The predicted molar refractivity (Wildman–Crippen MR) is 70.7 cm³/mol. The number of halogens is 1. The van der Waals surface area contributed by atoms with Gasteiger partial charge in [0.15, 0.2) is 0 Å². The molecule has 2 N–H and O–H groups in total. The van der Waals surface area contributed by atoms with E-state index < -0.39 is 0 Å². The van der Waals surface area contributed by atoms with Gasteiger partial charge in [0.2, 0.25) is 0 Å². The number of thioether (sulfide) groups is 1. The van der Waals surface area contributed by atoms with E-state index in [0.717, 1.165) is 16.3 Å². The first kappa shape index (κ1) is 12.5. The third-order valence-electron chi connectivity index (χ3n) is 2.60. The summed E-state index contributed by atoms with van der Waals surface area (Å²) >= 11 is 7.58. The number of hydrogen-bond acceptors (Lipinski definition) is 3. The smallest absolute Gasteiger partial charge is 0.115 e. The Morgan fingerprint density at radius 3 is 2.94 bits per heavy atom. The molecule has 0 fully saturated rings. The molecule has 0 saturated heterocycles. The summed E-state index contributed by atoms with van der Waals surface area (Å²) in [5.74, 6) is 0.634. The summed E-state index contributed by atoms with van der Waals surface area (Å²) in [6.45, 7) is 0.0166. The molecular weight excluding hydrogens is 256 g/mol. The second kappa shape index (κ2) is 5.58. The molecule has 0 amide bonds. The van der Waals surface area contributed by atoms with Crippen molar-refractivity contribution in [2.75, 3.05) is 12.9 Å². The van der Waals surface area contributed by atoms with Gasteiger partial charge in [-0.2, -0.15) is 0 Å². The van der Waals surface area contributed by atoms with Crippen molar-refractivity contribution in [3.05, 3.63) is 47.0 Å². The van der Waals surface area contributed by atoms with Crippen molar-refractivity contribution in [2.45, 2.75) is 10.8 Å². The number of nitrogens with one attached hydrogen (secondary N) is 1. The molecule has 0 radical (unpaired) electrons. The van der Waals surface area contributed by atoms with Crippen LogP contribution in [0.4, 0.5) is 0 Å². The summed E-state index contributed by atoms with van der Waals surface area (Å²) in [5.41, 5.74) is 1.04. The fourth-order valence-corrected chi connectivity index (χ4v) is 2.70. The van der Waals surface area contributed by atoms with Gasteiger partial charge in [-0.25, -0.2) is 4.98 Å². The highest BCUT2D eigenvalue weighted by Crippen LogP contribution is 2.32. The van der Waals surface area contributed by atoms with Crippen molar-refractivity contribution in [3.8, 4) is 0 Å². The van der Waals surface area contributed by atoms with Gasteiger partial charge in [0, 0.05) is 22.3 Å². The average Bonchev–Trinajstić information content (AvgIpc) is 2.85. The number of aliphatic hydroxyl groups is 1. The minimum absolute atomic E-state index is 0.0166. The van der Waals surface area contributed by atoms with Crippen molar-refractivity contribution in [1.82, 2.24) is 9.97 Å². The molecule has 2 rings (SSSR count). The monoisotopic (exact) mass is 268 g/mol. The van der Waals surface area contributed by atoms with Gasteiger partial charge in [-0.1, -0.05) is 17.7 Å². The van der Waals surface area contributed by atoms with E-state index in [1.807, 2.05) is 24.5 Å². The molecule has 1 heterocycles. The van der Waals surface area contributed by atoms with Crippen molar-refractivity contribution >= 4 is 23.4 Å². The highest BCUT2D eigenvalue weighted by atomic mass is 35.5. The van der Waals surface area contributed by atoms with Gasteiger partial charge in [-0.3, -0.25) is 0 Å². The van der Waals surface area contributed by atoms with Gasteiger partial charge >= 0.3 is 0 Å². The molecule has 0 aliphatic heterocycles. The molecule has 17 heavy (non-hydrogen) atoms. The topological polar surface area (TPSA) is 48.9 Å². The van der Waals surface area contributed by atoms with Gasteiger partial charge in [-0.15, -0.1) is 11.8 Å². The summed E-state index contributed by atoms with van der Waals surface area (Å²) in [6.07, 6.45) is 5.44. The van der Waals surface area contributed by atoms with Gasteiger partial charge in [0.05, 0.1) is 12.5 Å². The molecule has 0 bridgehead atoms. The van der Waals surface area contributed by atoms with Crippen LogP contribution in [0.3, 0.4) is 0 Å². The predicted octanol–water partition coefficient (Wildman–Crippen LogP) is 2.91. The van der Waals surface area contributed by atoms with Crippen LogP contribution >= 0.6 is 23.4 Å². The zero-order valence-corrected chi connectivity index (χ0v) is 10.9. The van der Waals surface area contributed by atoms with Crippen molar-refractivity contribution in [2.24, 2.45) is 0 Å². The Kier molecular flexibility index (Phi) is 4.10. The van der Waals surface area contributed by atoms with E-state index in [9.17, 15) is 5.11 Å². The van der Waals surface area contributed by atoms with E-state index >= 15 is 0 Å². The Bertz CT molecular complexity index is 487. The van der Waals surface area contributed by atoms with Crippen LogP contribution in [0, 0.1) is 0 Å². The van der Waals surface area contributed by atoms with Crippen LogP contribution in [0.1, 0.15) is 17.3 Å². The van der Waals surface area contributed by atoms with E-state index in [1.165, 1.54) is 0 Å². The van der Waals surface area contributed by atoms with E-state index in [2.05, 4.69) is 9.97 Å². The summed E-state index contributed by atoms with van der Waals surface area (Å²) in [4.78, 5) is 8.31. The summed E-state index contributed by atoms with van der Waals surface area (Å²) in [6, 6.07) is 5.69. The number of imidazole rings is 1. The third kappa shape index (κ3) is 2.65. The number of nitrogens with zero attached hydrogens (tertiary/aromatic N) is 1. The lowest BCUT2D eigenvalue weighted by molar-refractivity contribution is 0.276. The van der Waals surface area contributed by atoms with Gasteiger partial charge < -0.3 is 10.1 Å². The van der Waals surface area contributed by atoms with Crippen LogP contribution in [-0.4, -0.2) is 27.9 Å². The second-order valence-electron chi connectivity index (χ2n) is 3.60. The Balaban J connectivity index is 2.44. The van der Waals surface area contributed by atoms with Gasteiger partial charge in [0.25, 0.3) is 0 Å². The van der Waals surface area contributed by atoms with Crippen LogP contribution in [0.15, 0.2) is 35.5 Å². The lowest BCUT2D eigenvalue weighted by Gasteiger charge is -2.15. The van der Waals surface area contributed by atoms with Crippen LogP contribution in [0.5, 0.6) is 0 Å². The van der Waals surface area contributed by atoms with E-state index in [1.54, 1.807) is 24.2 Å². The molecule has 0 spiro atoms. The Labute approximate surface area is 109 Å². The maximum absolute atomic E-state index is 9.54. The van der Waals surface area contributed by atoms with E-state index in [4.69, 9.17) is 11.6 Å². The first-order valence-electron chi connectivity index (χ1n) is 5.20. The lowest BCUT2D eigenvalue weighted by Crippen LogP contribution is -2.09. The molecule has 90 valence electrons. The average molecular weight is 269 g/mol. The highest BCUT2D eigenvalue weighted by Gasteiger charge is 2.18. The Morgan fingerprint density at radius 2 is 2.35 bits per heavy atom. The minimum Gasteiger partial charge on any atom is -0.395 e. The van der Waals surface area contributed by atoms with Gasteiger partial charge in [0.1, 0.15) is 5.82 Å². The van der Waals surface area contributed by atoms with Gasteiger partial charge in [-0.05, 0) is 24.0 Å². The first-order valence-corrected chi connectivity index (χ1v) is 6.80. The Morgan fingerprint density at radius 1 is 1.53 bits per heavy atom. The number of aliphatic hydroxyl groups excluding tert-OH is 1. The lowest BCUT2D eigenvalue weighted by atomic mass is 9.99. The zero-order chi connectivity index (χ0) is 12.3. The van der Waals surface area contributed by atoms with Crippen molar-refractivity contribution in [3.63, 3.8) is 0 Å². The summed E-state index contributed by atoms with van der Waals surface area (Å²) in [5, 5.41) is 10.2. The number of rotatable bonds is 4. The zero-order valence-electron chi connectivity index (χ0n) is 9.35. The highest BCUT2D eigenvalue weighted by molar-refractivity contribution is 7.98. The molecule has 1 aromatic heterocycles. The number of hydrogen-bond donors (Lipinski definition) is 2.